The predicted octanol–water partition coefficient (Wildman–Crippen LogP) is 7.28. The van der Waals surface area contributed by atoms with Crippen molar-refractivity contribution in [1.29, 1.82) is 0 Å². The summed E-state index contributed by atoms with van der Waals surface area (Å²) >= 11 is 0. The maximum absolute atomic E-state index is 14.1. The zero-order valence-corrected chi connectivity index (χ0v) is 22.4. The van der Waals surface area contributed by atoms with Crippen molar-refractivity contribution in [1.82, 2.24) is 9.80 Å². The molecule has 1 fully saturated rings. The number of ether oxygens (including phenoxy) is 1. The average Bonchev–Trinajstić information content (AvgIpc) is 3.39. The molecule has 1 saturated heterocycles. The molecule has 4 aromatic carbocycles. The van der Waals surface area contributed by atoms with Gasteiger partial charge in [0, 0.05) is 19.0 Å². The van der Waals surface area contributed by atoms with Crippen LogP contribution in [0.15, 0.2) is 121 Å². The van der Waals surface area contributed by atoms with Gasteiger partial charge in [-0.05, 0) is 36.1 Å². The number of hydrogen-bond donors (Lipinski definition) is 0. The monoisotopic (exact) mass is 518 g/mol. The quantitative estimate of drug-likeness (QED) is 0.234. The van der Waals surface area contributed by atoms with E-state index in [1.165, 1.54) is 4.90 Å². The minimum Gasteiger partial charge on any atom is -0.446 e. The summed E-state index contributed by atoms with van der Waals surface area (Å²) in [7, 11) is 0. The summed E-state index contributed by atoms with van der Waals surface area (Å²) < 4.78 is 5.40. The molecule has 1 aliphatic rings. The van der Waals surface area contributed by atoms with E-state index >= 15 is 0 Å². The summed E-state index contributed by atoms with van der Waals surface area (Å²) in [5.74, 6) is -0.254. The van der Waals surface area contributed by atoms with Gasteiger partial charge in [0.05, 0.1) is 5.54 Å². The molecule has 0 aromatic heterocycles. The molecule has 1 heterocycles. The van der Waals surface area contributed by atoms with Crippen molar-refractivity contribution < 1.29 is 14.3 Å². The lowest BCUT2D eigenvalue weighted by Gasteiger charge is -2.46. The van der Waals surface area contributed by atoms with Gasteiger partial charge in [0.25, 0.3) is 0 Å². The lowest BCUT2D eigenvalue weighted by Crippen LogP contribution is -2.49. The molecular weight excluding hydrogens is 484 g/mol. The zero-order valence-electron chi connectivity index (χ0n) is 22.4. The van der Waals surface area contributed by atoms with Crippen LogP contribution in [0.25, 0.3) is 0 Å². The molecule has 0 radical (unpaired) electrons. The molecule has 0 spiro atoms. The Bertz CT molecular complexity index is 1380. The summed E-state index contributed by atoms with van der Waals surface area (Å²) in [5.41, 5.74) is 3.48. The van der Waals surface area contributed by atoms with Crippen molar-refractivity contribution in [3.05, 3.63) is 144 Å². The molecule has 2 amide bonds. The van der Waals surface area contributed by atoms with Gasteiger partial charge in [-0.1, -0.05) is 121 Å². The highest BCUT2D eigenvalue weighted by atomic mass is 16.6. The van der Waals surface area contributed by atoms with Gasteiger partial charge >= 0.3 is 6.09 Å². The van der Waals surface area contributed by atoms with Crippen LogP contribution in [0.1, 0.15) is 54.6 Å². The third-order valence-electron chi connectivity index (χ3n) is 7.80. The third kappa shape index (κ3) is 5.64. The molecule has 0 saturated carbocycles. The van der Waals surface area contributed by atoms with Gasteiger partial charge < -0.3 is 4.74 Å². The number of carbonyl (C=O) groups excluding carboxylic acids is 2. The van der Waals surface area contributed by atoms with Crippen molar-refractivity contribution >= 4 is 12.0 Å². The van der Waals surface area contributed by atoms with Gasteiger partial charge in [-0.2, -0.15) is 0 Å². The number of nitrogens with zero attached hydrogens (tertiary/aromatic N) is 2. The highest BCUT2D eigenvalue weighted by Gasteiger charge is 2.45. The fourth-order valence-corrected chi connectivity index (χ4v) is 5.59. The maximum atomic E-state index is 14.1. The second-order valence-corrected chi connectivity index (χ2v) is 10.3. The van der Waals surface area contributed by atoms with Crippen LogP contribution in [-0.2, 0) is 21.6 Å². The highest BCUT2D eigenvalue weighted by Crippen LogP contribution is 2.41. The number of carbonyl (C=O) groups is 2. The Morgan fingerprint density at radius 1 is 0.872 bits per heavy atom. The molecule has 0 N–H and O–H groups in total. The van der Waals surface area contributed by atoms with Crippen LogP contribution in [-0.4, -0.2) is 28.4 Å². The molecular formula is C34H34N2O3. The second kappa shape index (κ2) is 11.7. The Morgan fingerprint density at radius 2 is 1.41 bits per heavy atom. The van der Waals surface area contributed by atoms with E-state index in [0.717, 1.165) is 22.3 Å². The molecule has 1 aliphatic heterocycles. The molecule has 39 heavy (non-hydrogen) atoms. The zero-order chi connectivity index (χ0) is 27.2. The molecule has 3 atom stereocenters. The third-order valence-corrected chi connectivity index (χ3v) is 7.80. The van der Waals surface area contributed by atoms with Crippen molar-refractivity contribution in [3.63, 3.8) is 0 Å². The van der Waals surface area contributed by atoms with Crippen LogP contribution < -0.4 is 0 Å². The Kier molecular flexibility index (Phi) is 7.89. The summed E-state index contributed by atoms with van der Waals surface area (Å²) in [6.45, 7) is 5.08. The molecule has 5 nitrogen and oxygen atoms in total. The van der Waals surface area contributed by atoms with E-state index in [2.05, 4.69) is 55.1 Å². The van der Waals surface area contributed by atoms with Crippen LogP contribution in [0.3, 0.4) is 0 Å². The number of amides is 2. The Labute approximate surface area is 230 Å². The number of benzene rings is 4. The van der Waals surface area contributed by atoms with Gasteiger partial charge in [0.2, 0.25) is 5.91 Å². The largest absolute Gasteiger partial charge is 0.446 e. The van der Waals surface area contributed by atoms with Crippen molar-refractivity contribution in [3.8, 4) is 0 Å². The topological polar surface area (TPSA) is 49.9 Å². The van der Waals surface area contributed by atoms with Crippen LogP contribution >= 0.6 is 0 Å². The van der Waals surface area contributed by atoms with Crippen molar-refractivity contribution in [2.45, 2.75) is 44.4 Å². The van der Waals surface area contributed by atoms with Gasteiger partial charge in [-0.25, -0.2) is 9.69 Å². The van der Waals surface area contributed by atoms with E-state index in [-0.39, 0.29) is 25.0 Å². The number of imide groups is 1. The van der Waals surface area contributed by atoms with Crippen LogP contribution in [0.5, 0.6) is 0 Å². The van der Waals surface area contributed by atoms with Gasteiger partial charge in [-0.3, -0.25) is 9.69 Å². The van der Waals surface area contributed by atoms with Crippen LogP contribution in [0.4, 0.5) is 4.79 Å². The Balaban J connectivity index is 1.56. The predicted molar refractivity (Wildman–Crippen MR) is 153 cm³/mol. The van der Waals surface area contributed by atoms with E-state index in [0.29, 0.717) is 6.54 Å². The van der Waals surface area contributed by atoms with Gasteiger partial charge in [0.1, 0.15) is 12.6 Å². The summed E-state index contributed by atoms with van der Waals surface area (Å²) in [5, 5.41) is 0. The van der Waals surface area contributed by atoms with Crippen LogP contribution in [0, 0.1) is 0 Å². The first-order valence-corrected chi connectivity index (χ1v) is 13.4. The summed E-state index contributed by atoms with van der Waals surface area (Å²) in [6, 6.07) is 40.0. The van der Waals surface area contributed by atoms with Crippen LogP contribution in [0.2, 0.25) is 0 Å². The molecule has 5 heteroatoms. The van der Waals surface area contributed by atoms with E-state index in [4.69, 9.17) is 4.74 Å². The second-order valence-electron chi connectivity index (χ2n) is 10.3. The summed E-state index contributed by atoms with van der Waals surface area (Å²) in [4.78, 5) is 30.7. The van der Waals surface area contributed by atoms with Gasteiger partial charge in [-0.15, -0.1) is 0 Å². The average molecular weight is 519 g/mol. The lowest BCUT2D eigenvalue weighted by atomic mass is 9.83. The number of hydrogen-bond acceptors (Lipinski definition) is 4. The minimum atomic E-state index is -0.729. The summed E-state index contributed by atoms with van der Waals surface area (Å²) in [6.07, 6.45) is -0.477. The smallest absolute Gasteiger partial charge is 0.417 e. The number of rotatable bonds is 9. The van der Waals surface area contributed by atoms with E-state index in [1.807, 2.05) is 84.9 Å². The first-order chi connectivity index (χ1) is 19.0. The Hall–Kier alpha value is -4.22. The van der Waals surface area contributed by atoms with Crippen molar-refractivity contribution in [2.75, 3.05) is 6.61 Å². The highest BCUT2D eigenvalue weighted by molar-refractivity contribution is 5.94. The Morgan fingerprint density at radius 3 is 2.03 bits per heavy atom. The molecule has 5 rings (SSSR count). The first-order valence-electron chi connectivity index (χ1n) is 13.4. The molecule has 4 aromatic rings. The minimum absolute atomic E-state index is 0.0140. The fourth-order valence-electron chi connectivity index (χ4n) is 5.59. The maximum Gasteiger partial charge on any atom is 0.417 e. The van der Waals surface area contributed by atoms with Gasteiger partial charge in [0.15, 0.2) is 0 Å². The normalized spacial score (nSPS) is 17.5. The molecule has 198 valence electrons. The fraction of sp³-hybridized carbons (Fsp3) is 0.235. The van der Waals surface area contributed by atoms with Crippen molar-refractivity contribution in [2.24, 2.45) is 0 Å². The van der Waals surface area contributed by atoms with E-state index in [9.17, 15) is 9.59 Å². The molecule has 0 unspecified atom stereocenters. The van der Waals surface area contributed by atoms with E-state index in [1.54, 1.807) is 0 Å². The lowest BCUT2D eigenvalue weighted by molar-refractivity contribution is -0.133. The molecule has 0 aliphatic carbocycles. The SMILES string of the molecule is C[C@@H](c1ccccc1)N(Cc1ccccc1)[C@](C)(CC(=O)N1C(=O)OC[C@@H]1c1ccccc1)c1ccccc1. The molecule has 0 bridgehead atoms. The van der Waals surface area contributed by atoms with E-state index < -0.39 is 17.7 Å². The first kappa shape index (κ1) is 26.4. The standard InChI is InChI=1S/C34H34N2O3/c1-26(28-17-9-4-10-18-28)35(24-27-15-7-3-8-16-27)34(2,30-21-13-6-14-22-30)23-32(37)36-31(25-39-33(36)38)29-19-11-5-12-20-29/h3-22,26,31H,23-25H2,1-2H3/t26-,31+,34+/m0/s1. The number of cyclic esters (lactones) is 1.